The van der Waals surface area contributed by atoms with Gasteiger partial charge in [-0.1, -0.05) is 30.3 Å². The number of rotatable bonds is 6. The van der Waals surface area contributed by atoms with Gasteiger partial charge in [0.25, 0.3) is 0 Å². The molecule has 0 aliphatic carbocycles. The lowest BCUT2D eigenvalue weighted by atomic mass is 10.1. The van der Waals surface area contributed by atoms with Crippen LogP contribution in [0.3, 0.4) is 0 Å². The number of pyridine rings is 2. The van der Waals surface area contributed by atoms with Crippen LogP contribution < -0.4 is 5.32 Å². The minimum absolute atomic E-state index is 0.173. The van der Waals surface area contributed by atoms with E-state index in [-0.39, 0.29) is 11.9 Å². The molecule has 3 heterocycles. The number of benzene rings is 1. The summed E-state index contributed by atoms with van der Waals surface area (Å²) >= 11 is 0. The van der Waals surface area contributed by atoms with E-state index in [1.165, 1.54) is 11.6 Å². The Bertz CT molecular complexity index is 943. The SMILES string of the molecule is CNc1ncccc1CN1CCC[C@H]1c1cccc(Cc2ccccc2F)n1. The molecule has 1 aliphatic rings. The summed E-state index contributed by atoms with van der Waals surface area (Å²) in [7, 11) is 1.90. The minimum Gasteiger partial charge on any atom is -0.373 e. The summed E-state index contributed by atoms with van der Waals surface area (Å²) in [5.74, 6) is 0.753. The van der Waals surface area contributed by atoms with Crippen LogP contribution in [0.5, 0.6) is 0 Å². The van der Waals surface area contributed by atoms with Crippen LogP contribution in [0.2, 0.25) is 0 Å². The molecule has 1 aromatic carbocycles. The van der Waals surface area contributed by atoms with Gasteiger partial charge in [0.2, 0.25) is 0 Å². The van der Waals surface area contributed by atoms with Gasteiger partial charge in [0.1, 0.15) is 11.6 Å². The molecule has 144 valence electrons. The number of aromatic nitrogens is 2. The molecule has 3 aromatic rings. The molecule has 1 atom stereocenters. The van der Waals surface area contributed by atoms with Crippen molar-refractivity contribution < 1.29 is 4.39 Å². The lowest BCUT2D eigenvalue weighted by molar-refractivity contribution is 0.244. The Morgan fingerprint density at radius 2 is 1.93 bits per heavy atom. The number of hydrogen-bond donors (Lipinski definition) is 1. The van der Waals surface area contributed by atoms with Crippen LogP contribution in [0, 0.1) is 5.82 Å². The third-order valence-corrected chi connectivity index (χ3v) is 5.36. The van der Waals surface area contributed by atoms with E-state index >= 15 is 0 Å². The lowest BCUT2D eigenvalue weighted by Gasteiger charge is -2.25. The standard InChI is InChI=1S/C23H25FN4/c1-25-23-18(8-5-13-26-23)16-28-14-6-12-22(28)21-11-4-9-19(27-21)15-17-7-2-3-10-20(17)24/h2-5,7-11,13,22H,6,12,14-16H2,1H3,(H,25,26)/t22-/m0/s1. The predicted octanol–water partition coefficient (Wildman–Crippen LogP) is 4.59. The third-order valence-electron chi connectivity index (χ3n) is 5.36. The van der Waals surface area contributed by atoms with Crippen molar-refractivity contribution in [2.24, 2.45) is 0 Å². The zero-order chi connectivity index (χ0) is 19.3. The first-order chi connectivity index (χ1) is 13.7. The van der Waals surface area contributed by atoms with E-state index in [1.54, 1.807) is 6.07 Å². The summed E-state index contributed by atoms with van der Waals surface area (Å²) in [4.78, 5) is 11.8. The van der Waals surface area contributed by atoms with Gasteiger partial charge in [-0.15, -0.1) is 0 Å². The van der Waals surface area contributed by atoms with E-state index in [2.05, 4.69) is 27.3 Å². The van der Waals surface area contributed by atoms with Crippen LogP contribution in [0.15, 0.2) is 60.8 Å². The highest BCUT2D eigenvalue weighted by molar-refractivity contribution is 5.43. The van der Waals surface area contributed by atoms with E-state index in [0.29, 0.717) is 12.0 Å². The molecule has 2 aromatic heterocycles. The Hall–Kier alpha value is -2.79. The van der Waals surface area contributed by atoms with Crippen molar-refractivity contribution in [2.75, 3.05) is 18.9 Å². The first kappa shape index (κ1) is 18.6. The molecule has 4 rings (SSSR count). The van der Waals surface area contributed by atoms with E-state index < -0.39 is 0 Å². The quantitative estimate of drug-likeness (QED) is 0.683. The van der Waals surface area contributed by atoms with Crippen molar-refractivity contribution in [1.82, 2.24) is 14.9 Å². The number of halogens is 1. The molecule has 5 heteroatoms. The molecule has 0 spiro atoms. The molecular weight excluding hydrogens is 351 g/mol. The fourth-order valence-electron chi connectivity index (χ4n) is 3.98. The lowest BCUT2D eigenvalue weighted by Crippen LogP contribution is -2.24. The topological polar surface area (TPSA) is 41.1 Å². The van der Waals surface area contributed by atoms with Gasteiger partial charge in [0.05, 0.1) is 11.7 Å². The van der Waals surface area contributed by atoms with Gasteiger partial charge in [-0.2, -0.15) is 0 Å². The van der Waals surface area contributed by atoms with Crippen molar-refractivity contribution in [1.29, 1.82) is 0 Å². The number of likely N-dealkylation sites (tertiary alicyclic amines) is 1. The maximum atomic E-state index is 14.0. The van der Waals surface area contributed by atoms with Crippen molar-refractivity contribution in [3.8, 4) is 0 Å². The average Bonchev–Trinajstić information content (AvgIpc) is 3.19. The van der Waals surface area contributed by atoms with E-state index in [9.17, 15) is 4.39 Å². The zero-order valence-corrected chi connectivity index (χ0v) is 16.1. The first-order valence-electron chi connectivity index (χ1n) is 9.79. The molecule has 28 heavy (non-hydrogen) atoms. The monoisotopic (exact) mass is 376 g/mol. The highest BCUT2D eigenvalue weighted by Crippen LogP contribution is 2.33. The molecule has 1 N–H and O–H groups in total. The summed E-state index contributed by atoms with van der Waals surface area (Å²) in [6.07, 6.45) is 4.56. The Morgan fingerprint density at radius 3 is 2.79 bits per heavy atom. The molecular formula is C23H25FN4. The molecule has 0 saturated carbocycles. The number of hydrogen-bond acceptors (Lipinski definition) is 4. The normalized spacial score (nSPS) is 17.0. The van der Waals surface area contributed by atoms with Crippen LogP contribution >= 0.6 is 0 Å². The number of nitrogens with zero attached hydrogens (tertiary/aromatic N) is 3. The fraction of sp³-hybridized carbons (Fsp3) is 0.304. The molecule has 0 radical (unpaired) electrons. The van der Waals surface area contributed by atoms with Crippen LogP contribution in [0.25, 0.3) is 0 Å². The molecule has 1 saturated heterocycles. The number of anilines is 1. The van der Waals surface area contributed by atoms with Gasteiger partial charge in [-0.3, -0.25) is 9.88 Å². The van der Waals surface area contributed by atoms with Crippen LogP contribution in [0.1, 0.15) is 41.4 Å². The maximum absolute atomic E-state index is 14.0. The second kappa shape index (κ2) is 8.48. The smallest absolute Gasteiger partial charge is 0.130 e. The summed E-state index contributed by atoms with van der Waals surface area (Å²) in [6, 6.07) is 17.4. The van der Waals surface area contributed by atoms with Gasteiger partial charge in [-0.25, -0.2) is 9.37 Å². The van der Waals surface area contributed by atoms with Gasteiger partial charge in [0.15, 0.2) is 0 Å². The van der Waals surface area contributed by atoms with Crippen LogP contribution in [0.4, 0.5) is 10.2 Å². The maximum Gasteiger partial charge on any atom is 0.130 e. The summed E-state index contributed by atoms with van der Waals surface area (Å²) in [5.41, 5.74) is 3.86. The molecule has 1 aliphatic heterocycles. The third kappa shape index (κ3) is 4.04. The summed E-state index contributed by atoms with van der Waals surface area (Å²) in [5, 5.41) is 3.18. The van der Waals surface area contributed by atoms with Crippen molar-refractivity contribution in [2.45, 2.75) is 31.8 Å². The fourth-order valence-corrected chi connectivity index (χ4v) is 3.98. The predicted molar refractivity (Wildman–Crippen MR) is 110 cm³/mol. The Kier molecular flexibility index (Phi) is 5.63. The van der Waals surface area contributed by atoms with Crippen molar-refractivity contribution in [3.63, 3.8) is 0 Å². The zero-order valence-electron chi connectivity index (χ0n) is 16.1. The highest BCUT2D eigenvalue weighted by Gasteiger charge is 2.27. The molecule has 1 fully saturated rings. The van der Waals surface area contributed by atoms with Crippen LogP contribution in [-0.2, 0) is 13.0 Å². The minimum atomic E-state index is -0.173. The Labute approximate surface area is 165 Å². The largest absolute Gasteiger partial charge is 0.373 e. The van der Waals surface area contributed by atoms with E-state index in [0.717, 1.165) is 43.1 Å². The summed E-state index contributed by atoms with van der Waals surface area (Å²) in [6.45, 7) is 1.88. The van der Waals surface area contributed by atoms with Crippen molar-refractivity contribution >= 4 is 5.82 Å². The van der Waals surface area contributed by atoms with Gasteiger partial charge in [-0.05, 0) is 49.2 Å². The molecule has 4 nitrogen and oxygen atoms in total. The summed E-state index contributed by atoms with van der Waals surface area (Å²) < 4.78 is 14.0. The number of nitrogens with one attached hydrogen (secondary N) is 1. The van der Waals surface area contributed by atoms with Gasteiger partial charge < -0.3 is 5.32 Å². The van der Waals surface area contributed by atoms with Crippen LogP contribution in [-0.4, -0.2) is 28.5 Å². The van der Waals surface area contributed by atoms with Gasteiger partial charge >= 0.3 is 0 Å². The first-order valence-corrected chi connectivity index (χ1v) is 9.79. The Balaban J connectivity index is 1.54. The van der Waals surface area contributed by atoms with E-state index in [4.69, 9.17) is 4.98 Å². The highest BCUT2D eigenvalue weighted by atomic mass is 19.1. The van der Waals surface area contributed by atoms with Crippen molar-refractivity contribution in [3.05, 3.63) is 89.1 Å². The average molecular weight is 376 g/mol. The second-order valence-corrected chi connectivity index (χ2v) is 7.21. The molecule has 0 bridgehead atoms. The molecule has 0 unspecified atom stereocenters. The van der Waals surface area contributed by atoms with E-state index in [1.807, 2.05) is 43.6 Å². The Morgan fingerprint density at radius 1 is 1.07 bits per heavy atom. The van der Waals surface area contributed by atoms with Gasteiger partial charge in [0, 0.05) is 37.5 Å². The second-order valence-electron chi connectivity index (χ2n) is 7.21. The molecule has 0 amide bonds.